The zero-order chi connectivity index (χ0) is 36.7. The first-order valence-electron chi connectivity index (χ1n) is 16.1. The number of rotatable bonds is 22. The van der Waals surface area contributed by atoms with Gasteiger partial charge in [0.2, 0.25) is 29.5 Å². The summed E-state index contributed by atoms with van der Waals surface area (Å²) in [5.74, 6) is -6.83. The minimum atomic E-state index is -1.43. The van der Waals surface area contributed by atoms with Crippen LogP contribution in [0.2, 0.25) is 0 Å². The summed E-state index contributed by atoms with van der Waals surface area (Å²) in [7, 11) is 0. The molecule has 17 nitrogen and oxygen atoms in total. The second-order valence-corrected chi connectivity index (χ2v) is 12.3. The van der Waals surface area contributed by atoms with Crippen LogP contribution in [-0.4, -0.2) is 93.4 Å². The van der Waals surface area contributed by atoms with Crippen molar-refractivity contribution < 1.29 is 43.8 Å². The van der Waals surface area contributed by atoms with Gasteiger partial charge >= 0.3 is 11.9 Å². The number of nitrogens with two attached hydrogens (primary N) is 3. The van der Waals surface area contributed by atoms with Crippen molar-refractivity contribution >= 4 is 52.4 Å². The van der Waals surface area contributed by atoms with Crippen LogP contribution in [0.25, 0.3) is 10.9 Å². The van der Waals surface area contributed by atoms with E-state index in [1.54, 1.807) is 26.1 Å². The zero-order valence-electron chi connectivity index (χ0n) is 27.7. The van der Waals surface area contributed by atoms with E-state index in [-0.39, 0.29) is 38.0 Å². The number of H-pyrrole nitrogens is 1. The first kappa shape index (κ1) is 40.1. The molecule has 49 heavy (non-hydrogen) atoms. The standard InChI is InChI=1S/C32H48N8O9/c1-17(2)13-24(39-28(44)20(34)15-27(42)43)30(46)40-25(14-18-16-36-21-8-4-3-7-19(18)21)31(47)37-22(10-11-26(35)41)29(45)38-23(32(48)49)9-5-6-12-33/h3-4,7-8,16-17,20,22-25,36H,5-6,9-15,33-34H2,1-2H3,(H2,35,41)(H,37,47)(H,38,45)(H,39,44)(H,40,46)(H,42,43)(H,48,49)/t20-,22-,23+,24+,25-/m1/s1. The van der Waals surface area contributed by atoms with Crippen LogP contribution in [-0.2, 0) is 40.0 Å². The Balaban J connectivity index is 2.41. The topological polar surface area (TPSA) is 302 Å². The lowest BCUT2D eigenvalue weighted by Crippen LogP contribution is -2.59. The van der Waals surface area contributed by atoms with Crippen molar-refractivity contribution in [3.63, 3.8) is 0 Å². The summed E-state index contributed by atoms with van der Waals surface area (Å²) in [6, 6.07) is 0.560. The summed E-state index contributed by atoms with van der Waals surface area (Å²) >= 11 is 0. The van der Waals surface area contributed by atoms with Crippen LogP contribution < -0.4 is 38.5 Å². The lowest BCUT2D eigenvalue weighted by atomic mass is 10.00. The second kappa shape index (κ2) is 19.7. The number of aromatic nitrogens is 1. The van der Waals surface area contributed by atoms with E-state index < -0.39 is 78.1 Å². The van der Waals surface area contributed by atoms with Crippen LogP contribution >= 0.6 is 0 Å². The average molecular weight is 689 g/mol. The van der Waals surface area contributed by atoms with Crippen molar-refractivity contribution in [1.29, 1.82) is 0 Å². The van der Waals surface area contributed by atoms with Gasteiger partial charge in [-0.3, -0.25) is 28.8 Å². The molecule has 0 spiro atoms. The highest BCUT2D eigenvalue weighted by atomic mass is 16.4. The molecule has 17 heteroatoms. The summed E-state index contributed by atoms with van der Waals surface area (Å²) in [6.07, 6.45) is 1.47. The predicted octanol–water partition coefficient (Wildman–Crippen LogP) is -1.02. The molecule has 0 aliphatic rings. The number of nitrogens with one attached hydrogen (secondary N) is 5. The van der Waals surface area contributed by atoms with Crippen molar-refractivity contribution in [2.45, 2.75) is 95.4 Å². The number of aliphatic carboxylic acids is 2. The zero-order valence-corrected chi connectivity index (χ0v) is 27.7. The van der Waals surface area contributed by atoms with Crippen molar-refractivity contribution in [3.8, 4) is 0 Å². The monoisotopic (exact) mass is 688 g/mol. The Morgan fingerprint density at radius 1 is 0.796 bits per heavy atom. The lowest BCUT2D eigenvalue weighted by Gasteiger charge is -2.27. The Morgan fingerprint density at radius 3 is 2.00 bits per heavy atom. The molecule has 2 rings (SSSR count). The third kappa shape index (κ3) is 13.5. The summed E-state index contributed by atoms with van der Waals surface area (Å²) in [6.45, 7) is 3.92. The smallest absolute Gasteiger partial charge is 0.326 e. The molecule has 13 N–H and O–H groups in total. The van der Waals surface area contributed by atoms with Crippen LogP contribution in [0.5, 0.6) is 0 Å². The average Bonchev–Trinajstić information content (AvgIpc) is 3.43. The van der Waals surface area contributed by atoms with Gasteiger partial charge in [0.25, 0.3) is 0 Å². The fourth-order valence-corrected chi connectivity index (χ4v) is 5.11. The molecule has 1 aromatic heterocycles. The van der Waals surface area contributed by atoms with Crippen LogP contribution in [0.15, 0.2) is 30.5 Å². The van der Waals surface area contributed by atoms with E-state index in [0.717, 1.165) is 10.9 Å². The number of carbonyl (C=O) groups is 7. The van der Waals surface area contributed by atoms with E-state index in [2.05, 4.69) is 26.3 Å². The number of carboxylic acids is 2. The largest absolute Gasteiger partial charge is 0.481 e. The molecule has 0 fully saturated rings. The maximum atomic E-state index is 13.9. The first-order valence-corrected chi connectivity index (χ1v) is 16.1. The molecule has 270 valence electrons. The van der Waals surface area contributed by atoms with Crippen molar-refractivity contribution in [3.05, 3.63) is 36.0 Å². The molecule has 2 aromatic rings. The molecule has 0 bridgehead atoms. The number of hydrogen-bond donors (Lipinski definition) is 10. The molecule has 5 atom stereocenters. The molecule has 0 aliphatic carbocycles. The molecular weight excluding hydrogens is 640 g/mol. The number of carboxylic acid groups (broad SMARTS) is 2. The first-order chi connectivity index (χ1) is 23.1. The number of unbranched alkanes of at least 4 members (excludes halogenated alkanes) is 1. The summed E-state index contributed by atoms with van der Waals surface area (Å²) in [4.78, 5) is 91.2. The van der Waals surface area contributed by atoms with Crippen molar-refractivity contribution in [2.75, 3.05) is 6.54 Å². The highest BCUT2D eigenvalue weighted by Gasteiger charge is 2.33. The number of primary amides is 1. The Hall–Kier alpha value is -5.03. The van der Waals surface area contributed by atoms with E-state index in [9.17, 15) is 38.7 Å². The molecule has 0 saturated heterocycles. The molecule has 0 unspecified atom stereocenters. The number of hydrogen-bond acceptors (Lipinski definition) is 9. The number of amides is 5. The number of fused-ring (bicyclic) bond motifs is 1. The quantitative estimate of drug-likeness (QED) is 0.0668. The van der Waals surface area contributed by atoms with Gasteiger partial charge in [0.05, 0.1) is 12.5 Å². The minimum absolute atomic E-state index is 0.0765. The maximum Gasteiger partial charge on any atom is 0.326 e. The predicted molar refractivity (Wildman–Crippen MR) is 178 cm³/mol. The van der Waals surface area contributed by atoms with Gasteiger partial charge in [-0.2, -0.15) is 0 Å². The molecular formula is C32H48N8O9. The molecule has 0 aliphatic heterocycles. The highest BCUT2D eigenvalue weighted by molar-refractivity contribution is 5.96. The van der Waals surface area contributed by atoms with E-state index in [4.69, 9.17) is 22.3 Å². The Labute approximate surface area is 283 Å². The van der Waals surface area contributed by atoms with Gasteiger partial charge in [-0.15, -0.1) is 0 Å². The summed E-state index contributed by atoms with van der Waals surface area (Å²) in [5, 5.41) is 29.5. The van der Waals surface area contributed by atoms with Gasteiger partial charge in [0, 0.05) is 29.9 Å². The maximum absolute atomic E-state index is 13.9. The van der Waals surface area contributed by atoms with Crippen LogP contribution in [0.4, 0.5) is 0 Å². The highest BCUT2D eigenvalue weighted by Crippen LogP contribution is 2.20. The van der Waals surface area contributed by atoms with Crippen LogP contribution in [0, 0.1) is 5.92 Å². The van der Waals surface area contributed by atoms with Gasteiger partial charge in [0.1, 0.15) is 24.2 Å². The summed E-state index contributed by atoms with van der Waals surface area (Å²) < 4.78 is 0. The Morgan fingerprint density at radius 2 is 1.39 bits per heavy atom. The van der Waals surface area contributed by atoms with E-state index >= 15 is 0 Å². The molecule has 1 aromatic carbocycles. The van der Waals surface area contributed by atoms with Gasteiger partial charge in [-0.25, -0.2) is 4.79 Å². The summed E-state index contributed by atoms with van der Waals surface area (Å²) in [5.41, 5.74) is 17.9. The number of aromatic amines is 1. The number of carbonyl (C=O) groups excluding carboxylic acids is 5. The van der Waals surface area contributed by atoms with E-state index in [1.165, 1.54) is 0 Å². The van der Waals surface area contributed by atoms with Gasteiger partial charge < -0.3 is 53.7 Å². The number of para-hydroxylation sites is 1. The van der Waals surface area contributed by atoms with Gasteiger partial charge in [-0.05, 0) is 56.2 Å². The van der Waals surface area contributed by atoms with Crippen LogP contribution in [0.3, 0.4) is 0 Å². The molecule has 0 saturated carbocycles. The minimum Gasteiger partial charge on any atom is -0.481 e. The Bertz CT molecular complexity index is 1480. The molecule has 5 amide bonds. The lowest BCUT2D eigenvalue weighted by molar-refractivity contribution is -0.142. The molecule has 0 radical (unpaired) electrons. The molecule has 1 heterocycles. The third-order valence-electron chi connectivity index (χ3n) is 7.68. The van der Waals surface area contributed by atoms with Crippen LogP contribution in [0.1, 0.15) is 64.4 Å². The SMILES string of the molecule is CC(C)C[C@H](NC(=O)[C@H](N)CC(=O)O)C(=O)N[C@H](Cc1c[nH]c2ccccc12)C(=O)N[C@H](CCC(N)=O)C(=O)N[C@@H](CCCCN)C(=O)O. The fourth-order valence-electron chi connectivity index (χ4n) is 5.11. The fraction of sp³-hybridized carbons (Fsp3) is 0.531. The van der Waals surface area contributed by atoms with E-state index in [0.29, 0.717) is 24.9 Å². The normalized spacial score (nSPS) is 14.2. The third-order valence-corrected chi connectivity index (χ3v) is 7.68. The van der Waals surface area contributed by atoms with Crippen molar-refractivity contribution in [1.82, 2.24) is 26.3 Å². The van der Waals surface area contributed by atoms with Gasteiger partial charge in [-0.1, -0.05) is 32.0 Å². The second-order valence-electron chi connectivity index (χ2n) is 12.3. The van der Waals surface area contributed by atoms with Gasteiger partial charge in [0.15, 0.2) is 0 Å². The van der Waals surface area contributed by atoms with E-state index in [1.807, 2.05) is 18.2 Å². The number of benzene rings is 1. The van der Waals surface area contributed by atoms with Crippen molar-refractivity contribution in [2.24, 2.45) is 23.1 Å². The Kier molecular flexibility index (Phi) is 16.1.